The van der Waals surface area contributed by atoms with Crippen LogP contribution in [0.2, 0.25) is 0 Å². The fourth-order valence-corrected chi connectivity index (χ4v) is 4.01. The van der Waals surface area contributed by atoms with Crippen LogP contribution in [0.5, 0.6) is 5.75 Å². The van der Waals surface area contributed by atoms with Crippen molar-refractivity contribution in [2.45, 2.75) is 0 Å². The van der Waals surface area contributed by atoms with Gasteiger partial charge in [0.05, 0.1) is 29.6 Å². The number of hydrogen-bond donors (Lipinski definition) is 1. The summed E-state index contributed by atoms with van der Waals surface area (Å²) in [6.45, 7) is 0. The highest BCUT2D eigenvalue weighted by molar-refractivity contribution is 6.12. The van der Waals surface area contributed by atoms with Gasteiger partial charge >= 0.3 is 0 Å². The lowest BCUT2D eigenvalue weighted by atomic mass is 9.92. The molecule has 0 bridgehead atoms. The van der Waals surface area contributed by atoms with Gasteiger partial charge in [0.2, 0.25) is 0 Å². The van der Waals surface area contributed by atoms with Crippen molar-refractivity contribution >= 4 is 22.5 Å². The summed E-state index contributed by atoms with van der Waals surface area (Å²) in [4.78, 5) is 22.4. The Labute approximate surface area is 191 Å². The maximum atomic E-state index is 13.5. The molecule has 1 amide bonds. The number of ether oxygens (including phenoxy) is 1. The first kappa shape index (κ1) is 20.4. The second kappa shape index (κ2) is 8.93. The lowest BCUT2D eigenvalue weighted by Gasteiger charge is -2.16. The number of benzene rings is 3. The summed E-state index contributed by atoms with van der Waals surface area (Å²) in [5.41, 5.74) is 5.25. The Morgan fingerprint density at radius 2 is 1.52 bits per heavy atom. The van der Waals surface area contributed by atoms with Crippen LogP contribution in [0.15, 0.2) is 103 Å². The molecule has 5 heteroatoms. The van der Waals surface area contributed by atoms with Gasteiger partial charge in [-0.1, -0.05) is 54.6 Å². The van der Waals surface area contributed by atoms with Crippen LogP contribution in [0.3, 0.4) is 0 Å². The van der Waals surface area contributed by atoms with Gasteiger partial charge in [-0.25, -0.2) is 0 Å². The van der Waals surface area contributed by atoms with Crippen LogP contribution in [0.25, 0.3) is 33.3 Å². The molecule has 5 aromatic rings. The molecule has 0 aliphatic carbocycles. The molecule has 5 rings (SSSR count). The molecule has 0 unspecified atom stereocenters. The van der Waals surface area contributed by atoms with Crippen LogP contribution in [0, 0.1) is 0 Å². The van der Waals surface area contributed by atoms with Gasteiger partial charge in [0.15, 0.2) is 0 Å². The molecule has 3 aromatic carbocycles. The predicted octanol–water partition coefficient (Wildman–Crippen LogP) is 6.22. The van der Waals surface area contributed by atoms with Gasteiger partial charge in [0.25, 0.3) is 5.91 Å². The number of nitrogens with zero attached hydrogens (tertiary/aromatic N) is 2. The summed E-state index contributed by atoms with van der Waals surface area (Å²) in [5, 5.41) is 4.02. The minimum Gasteiger partial charge on any atom is -0.496 e. The number of methoxy groups -OCH3 is 1. The third-order valence-corrected chi connectivity index (χ3v) is 5.51. The van der Waals surface area contributed by atoms with Crippen molar-refractivity contribution in [2.75, 3.05) is 12.4 Å². The number of aromatic nitrogens is 2. The molecule has 5 nitrogen and oxygen atoms in total. The standard InChI is InChI=1S/C28H21N3O2/c1-33-25-16-7-13-21(26(25)23-14-4-5-17-29-23)20-11-2-3-12-22(20)28(32)31-24-15-6-9-19-10-8-18-30-27(19)24/h2-18H,1H3,(H,31,32). The zero-order valence-electron chi connectivity index (χ0n) is 18.0. The summed E-state index contributed by atoms with van der Waals surface area (Å²) >= 11 is 0. The minimum atomic E-state index is -0.210. The van der Waals surface area contributed by atoms with E-state index in [2.05, 4.69) is 15.3 Å². The number of hydrogen-bond acceptors (Lipinski definition) is 4. The van der Waals surface area contributed by atoms with Crippen LogP contribution >= 0.6 is 0 Å². The van der Waals surface area contributed by atoms with Crippen LogP contribution in [0.4, 0.5) is 5.69 Å². The molecular weight excluding hydrogens is 410 g/mol. The van der Waals surface area contributed by atoms with Gasteiger partial charge in [-0.15, -0.1) is 0 Å². The van der Waals surface area contributed by atoms with Gasteiger partial charge in [0.1, 0.15) is 5.75 Å². The predicted molar refractivity (Wildman–Crippen MR) is 131 cm³/mol. The summed E-state index contributed by atoms with van der Waals surface area (Å²) in [6.07, 6.45) is 3.47. The highest BCUT2D eigenvalue weighted by Crippen LogP contribution is 2.39. The molecule has 0 fully saturated rings. The molecule has 0 radical (unpaired) electrons. The van der Waals surface area contributed by atoms with E-state index in [4.69, 9.17) is 4.74 Å². The van der Waals surface area contributed by atoms with E-state index < -0.39 is 0 Å². The maximum Gasteiger partial charge on any atom is 0.256 e. The number of amides is 1. The van der Waals surface area contributed by atoms with Crippen LogP contribution in [0.1, 0.15) is 10.4 Å². The number of carbonyl (C=O) groups is 1. The van der Waals surface area contributed by atoms with Crippen LogP contribution < -0.4 is 10.1 Å². The van der Waals surface area contributed by atoms with Gasteiger partial charge in [-0.2, -0.15) is 0 Å². The SMILES string of the molecule is COc1cccc(-c2ccccc2C(=O)Nc2cccc3cccnc23)c1-c1ccccn1. The molecule has 0 aliphatic heterocycles. The first-order chi connectivity index (χ1) is 16.3. The first-order valence-electron chi connectivity index (χ1n) is 10.6. The summed E-state index contributed by atoms with van der Waals surface area (Å²) in [7, 11) is 1.64. The second-order valence-electron chi connectivity index (χ2n) is 7.48. The summed E-state index contributed by atoms with van der Waals surface area (Å²) in [6, 6.07) is 28.7. The van der Waals surface area contributed by atoms with Crippen LogP contribution in [-0.2, 0) is 0 Å². The van der Waals surface area contributed by atoms with Crippen molar-refractivity contribution < 1.29 is 9.53 Å². The smallest absolute Gasteiger partial charge is 0.256 e. The average Bonchev–Trinajstić information content (AvgIpc) is 2.89. The molecule has 0 aliphatic rings. The van der Waals surface area contributed by atoms with Crippen molar-refractivity contribution in [2.24, 2.45) is 0 Å². The number of anilines is 1. The normalized spacial score (nSPS) is 10.7. The molecule has 33 heavy (non-hydrogen) atoms. The third-order valence-electron chi connectivity index (χ3n) is 5.51. The number of carbonyl (C=O) groups excluding carboxylic acids is 1. The maximum absolute atomic E-state index is 13.5. The summed E-state index contributed by atoms with van der Waals surface area (Å²) < 4.78 is 5.66. The van der Waals surface area contributed by atoms with E-state index in [1.165, 1.54) is 0 Å². The van der Waals surface area contributed by atoms with Crippen molar-refractivity contribution in [3.8, 4) is 28.1 Å². The Bertz CT molecular complexity index is 1440. The quantitative estimate of drug-likeness (QED) is 0.359. The van der Waals surface area contributed by atoms with E-state index in [1.807, 2.05) is 91.0 Å². The molecule has 0 spiro atoms. The van der Waals surface area contributed by atoms with E-state index in [9.17, 15) is 4.79 Å². The Morgan fingerprint density at radius 1 is 0.758 bits per heavy atom. The summed E-state index contributed by atoms with van der Waals surface area (Å²) in [5.74, 6) is 0.484. The van der Waals surface area contributed by atoms with Crippen molar-refractivity contribution in [1.82, 2.24) is 9.97 Å². The minimum absolute atomic E-state index is 0.210. The van der Waals surface area contributed by atoms with Crippen molar-refractivity contribution in [3.63, 3.8) is 0 Å². The molecular formula is C28H21N3O2. The lowest BCUT2D eigenvalue weighted by Crippen LogP contribution is -2.14. The van der Waals surface area contributed by atoms with Gasteiger partial charge in [-0.3, -0.25) is 14.8 Å². The zero-order valence-corrected chi connectivity index (χ0v) is 18.0. The van der Waals surface area contributed by atoms with E-state index in [-0.39, 0.29) is 5.91 Å². The second-order valence-corrected chi connectivity index (χ2v) is 7.48. The topological polar surface area (TPSA) is 64.1 Å². The first-order valence-corrected chi connectivity index (χ1v) is 10.6. The Morgan fingerprint density at radius 3 is 2.36 bits per heavy atom. The molecule has 2 heterocycles. The van der Waals surface area contributed by atoms with Crippen molar-refractivity contribution in [1.29, 1.82) is 0 Å². The molecule has 0 atom stereocenters. The zero-order chi connectivity index (χ0) is 22.6. The molecule has 2 aromatic heterocycles. The van der Waals surface area contributed by atoms with Gasteiger partial charge in [-0.05, 0) is 47.5 Å². The fourth-order valence-electron chi connectivity index (χ4n) is 4.01. The Kier molecular flexibility index (Phi) is 5.52. The van der Waals surface area contributed by atoms with E-state index in [1.54, 1.807) is 19.5 Å². The molecule has 0 saturated heterocycles. The highest BCUT2D eigenvalue weighted by Gasteiger charge is 2.19. The fraction of sp³-hybridized carbons (Fsp3) is 0.0357. The van der Waals surface area contributed by atoms with E-state index in [0.717, 1.165) is 33.3 Å². The number of fused-ring (bicyclic) bond motifs is 1. The largest absolute Gasteiger partial charge is 0.496 e. The average molecular weight is 431 g/mol. The van der Waals surface area contributed by atoms with Crippen LogP contribution in [-0.4, -0.2) is 23.0 Å². The number of pyridine rings is 2. The van der Waals surface area contributed by atoms with Crippen molar-refractivity contribution in [3.05, 3.63) is 109 Å². The highest BCUT2D eigenvalue weighted by atomic mass is 16.5. The molecule has 1 N–H and O–H groups in total. The molecule has 0 saturated carbocycles. The van der Waals surface area contributed by atoms with E-state index >= 15 is 0 Å². The van der Waals surface area contributed by atoms with Gasteiger partial charge in [0, 0.05) is 23.3 Å². The van der Waals surface area contributed by atoms with E-state index in [0.29, 0.717) is 17.0 Å². The third kappa shape index (κ3) is 3.92. The number of rotatable bonds is 5. The lowest BCUT2D eigenvalue weighted by molar-refractivity contribution is 0.102. The molecule has 160 valence electrons. The number of para-hydroxylation sites is 1. The Balaban J connectivity index is 1.62. The van der Waals surface area contributed by atoms with Gasteiger partial charge < -0.3 is 10.1 Å². The Hall–Kier alpha value is -4.51. The number of nitrogens with one attached hydrogen (secondary N) is 1. The monoisotopic (exact) mass is 431 g/mol.